The zero-order valence-corrected chi connectivity index (χ0v) is 11.9. The summed E-state index contributed by atoms with van der Waals surface area (Å²) in [4.78, 5) is 0. The van der Waals surface area contributed by atoms with E-state index in [2.05, 4.69) is 0 Å². The SMILES string of the molecule is COc1ccc(C2(CN)CCC(F)(F)CC2)cc1OC. The van der Waals surface area contributed by atoms with Crippen molar-refractivity contribution in [3.63, 3.8) is 0 Å². The third-order valence-electron chi connectivity index (χ3n) is 4.33. The van der Waals surface area contributed by atoms with Crippen molar-refractivity contribution >= 4 is 0 Å². The van der Waals surface area contributed by atoms with Crippen molar-refractivity contribution < 1.29 is 18.3 Å². The van der Waals surface area contributed by atoms with Crippen molar-refractivity contribution in [2.45, 2.75) is 37.0 Å². The van der Waals surface area contributed by atoms with Crippen LogP contribution in [0, 0.1) is 0 Å². The number of nitrogens with two attached hydrogens (primary N) is 1. The molecule has 2 rings (SSSR count). The van der Waals surface area contributed by atoms with Gasteiger partial charge in [-0.2, -0.15) is 0 Å². The second-order valence-corrected chi connectivity index (χ2v) is 5.41. The molecule has 0 aliphatic heterocycles. The highest BCUT2D eigenvalue weighted by atomic mass is 19.3. The van der Waals surface area contributed by atoms with Crippen molar-refractivity contribution in [1.82, 2.24) is 0 Å². The van der Waals surface area contributed by atoms with E-state index in [9.17, 15) is 8.78 Å². The highest BCUT2D eigenvalue weighted by Gasteiger charge is 2.43. The van der Waals surface area contributed by atoms with Crippen LogP contribution >= 0.6 is 0 Å². The normalized spacial score (nSPS) is 20.4. The summed E-state index contributed by atoms with van der Waals surface area (Å²) in [6, 6.07) is 5.56. The van der Waals surface area contributed by atoms with Crippen LogP contribution in [-0.4, -0.2) is 26.7 Å². The number of benzene rings is 1. The van der Waals surface area contributed by atoms with E-state index in [1.165, 1.54) is 0 Å². The van der Waals surface area contributed by atoms with Gasteiger partial charge in [-0.3, -0.25) is 0 Å². The Bertz CT molecular complexity index is 467. The summed E-state index contributed by atoms with van der Waals surface area (Å²) in [7, 11) is 3.13. The van der Waals surface area contributed by atoms with E-state index in [0.717, 1.165) is 5.56 Å². The van der Waals surface area contributed by atoms with E-state index < -0.39 is 5.92 Å². The van der Waals surface area contributed by atoms with Crippen LogP contribution in [0.5, 0.6) is 11.5 Å². The fourth-order valence-corrected chi connectivity index (χ4v) is 2.87. The molecular formula is C15H21F2NO2. The molecule has 2 N–H and O–H groups in total. The second kappa shape index (κ2) is 5.56. The lowest BCUT2D eigenvalue weighted by molar-refractivity contribution is -0.0509. The molecule has 1 aromatic carbocycles. The third-order valence-corrected chi connectivity index (χ3v) is 4.33. The molecular weight excluding hydrogens is 264 g/mol. The maximum atomic E-state index is 13.4. The molecule has 20 heavy (non-hydrogen) atoms. The Morgan fingerprint density at radius 3 is 2.15 bits per heavy atom. The summed E-state index contributed by atoms with van der Waals surface area (Å²) in [6.45, 7) is 0.360. The van der Waals surface area contributed by atoms with Crippen LogP contribution in [0.4, 0.5) is 8.78 Å². The van der Waals surface area contributed by atoms with E-state index in [0.29, 0.717) is 30.9 Å². The number of ether oxygens (including phenoxy) is 2. The lowest BCUT2D eigenvalue weighted by atomic mass is 9.68. The molecule has 0 bridgehead atoms. The van der Waals surface area contributed by atoms with Gasteiger partial charge in [0.15, 0.2) is 11.5 Å². The van der Waals surface area contributed by atoms with Gasteiger partial charge in [0.1, 0.15) is 0 Å². The first-order valence-electron chi connectivity index (χ1n) is 6.77. The molecule has 0 saturated heterocycles. The Balaban J connectivity index is 2.33. The van der Waals surface area contributed by atoms with Crippen LogP contribution in [0.25, 0.3) is 0 Å². The maximum absolute atomic E-state index is 13.4. The molecule has 0 aromatic heterocycles. The third kappa shape index (κ3) is 2.73. The minimum absolute atomic E-state index is 0.113. The van der Waals surface area contributed by atoms with Gasteiger partial charge in [0.25, 0.3) is 0 Å². The van der Waals surface area contributed by atoms with Gasteiger partial charge in [-0.05, 0) is 30.5 Å². The van der Waals surface area contributed by atoms with Crippen LogP contribution in [0.3, 0.4) is 0 Å². The minimum atomic E-state index is -2.56. The Hall–Kier alpha value is -1.36. The van der Waals surface area contributed by atoms with Crippen LogP contribution in [0.2, 0.25) is 0 Å². The lowest BCUT2D eigenvalue weighted by Gasteiger charge is -2.40. The Morgan fingerprint density at radius 2 is 1.65 bits per heavy atom. The zero-order valence-electron chi connectivity index (χ0n) is 11.9. The first-order valence-corrected chi connectivity index (χ1v) is 6.77. The van der Waals surface area contributed by atoms with E-state index in [1.807, 2.05) is 12.1 Å². The molecule has 0 unspecified atom stereocenters. The van der Waals surface area contributed by atoms with Crippen molar-refractivity contribution in [3.8, 4) is 11.5 Å². The molecule has 1 saturated carbocycles. The van der Waals surface area contributed by atoms with Gasteiger partial charge in [-0.25, -0.2) is 8.78 Å². The standard InChI is InChI=1S/C15H21F2NO2/c1-19-12-4-3-11(9-13(12)20-2)14(10-18)5-7-15(16,17)8-6-14/h3-4,9H,5-8,10,18H2,1-2H3. The van der Waals surface area contributed by atoms with E-state index in [1.54, 1.807) is 20.3 Å². The van der Waals surface area contributed by atoms with Crippen LogP contribution < -0.4 is 15.2 Å². The fourth-order valence-electron chi connectivity index (χ4n) is 2.87. The topological polar surface area (TPSA) is 44.5 Å². The summed E-state index contributed by atoms with van der Waals surface area (Å²) in [5, 5.41) is 0. The highest BCUT2D eigenvalue weighted by molar-refractivity contribution is 5.45. The Kier molecular flexibility index (Phi) is 4.18. The van der Waals surface area contributed by atoms with E-state index in [-0.39, 0.29) is 18.3 Å². The molecule has 1 aliphatic rings. The van der Waals surface area contributed by atoms with Gasteiger partial charge in [-0.15, -0.1) is 0 Å². The van der Waals surface area contributed by atoms with Gasteiger partial charge >= 0.3 is 0 Å². The van der Waals surface area contributed by atoms with Crippen molar-refractivity contribution in [2.75, 3.05) is 20.8 Å². The molecule has 0 heterocycles. The molecule has 3 nitrogen and oxygen atoms in total. The maximum Gasteiger partial charge on any atom is 0.248 e. The Morgan fingerprint density at radius 1 is 1.05 bits per heavy atom. The highest BCUT2D eigenvalue weighted by Crippen LogP contribution is 2.46. The largest absolute Gasteiger partial charge is 0.493 e. The monoisotopic (exact) mass is 285 g/mol. The second-order valence-electron chi connectivity index (χ2n) is 5.41. The molecule has 1 fully saturated rings. The van der Waals surface area contributed by atoms with Gasteiger partial charge in [0.05, 0.1) is 14.2 Å². The fraction of sp³-hybridized carbons (Fsp3) is 0.600. The number of methoxy groups -OCH3 is 2. The molecule has 0 radical (unpaired) electrons. The van der Waals surface area contributed by atoms with Gasteiger partial charge in [0.2, 0.25) is 5.92 Å². The quantitative estimate of drug-likeness (QED) is 0.924. The summed E-state index contributed by atoms with van der Waals surface area (Å²) >= 11 is 0. The number of hydrogen-bond donors (Lipinski definition) is 1. The number of rotatable bonds is 4. The summed E-state index contributed by atoms with van der Waals surface area (Å²) in [5.74, 6) is -1.32. The number of hydrogen-bond acceptors (Lipinski definition) is 3. The first-order chi connectivity index (χ1) is 9.46. The molecule has 1 aliphatic carbocycles. The van der Waals surface area contributed by atoms with Crippen molar-refractivity contribution in [2.24, 2.45) is 5.73 Å². The molecule has 112 valence electrons. The molecule has 0 amide bonds. The smallest absolute Gasteiger partial charge is 0.248 e. The van der Waals surface area contributed by atoms with Crippen LogP contribution in [-0.2, 0) is 5.41 Å². The molecule has 5 heteroatoms. The van der Waals surface area contributed by atoms with E-state index >= 15 is 0 Å². The predicted octanol–water partition coefficient (Wildman–Crippen LogP) is 3.11. The predicted molar refractivity (Wildman–Crippen MR) is 73.7 cm³/mol. The zero-order chi connectivity index (χ0) is 14.8. The van der Waals surface area contributed by atoms with Crippen molar-refractivity contribution in [3.05, 3.63) is 23.8 Å². The van der Waals surface area contributed by atoms with Gasteiger partial charge < -0.3 is 15.2 Å². The first kappa shape index (κ1) is 15.0. The molecule has 0 spiro atoms. The van der Waals surface area contributed by atoms with Crippen LogP contribution in [0.1, 0.15) is 31.2 Å². The Labute approximate surface area is 118 Å². The van der Waals surface area contributed by atoms with Gasteiger partial charge in [0, 0.05) is 24.8 Å². The number of halogens is 2. The molecule has 1 aromatic rings. The summed E-state index contributed by atoms with van der Waals surface area (Å²) < 4.78 is 37.2. The van der Waals surface area contributed by atoms with Gasteiger partial charge in [-0.1, -0.05) is 6.07 Å². The minimum Gasteiger partial charge on any atom is -0.493 e. The van der Waals surface area contributed by atoms with E-state index in [4.69, 9.17) is 15.2 Å². The summed E-state index contributed by atoms with van der Waals surface area (Å²) in [6.07, 6.45) is 0.565. The summed E-state index contributed by atoms with van der Waals surface area (Å²) in [5.41, 5.74) is 6.47. The lowest BCUT2D eigenvalue weighted by Crippen LogP contribution is -2.42. The number of alkyl halides is 2. The van der Waals surface area contributed by atoms with Crippen LogP contribution in [0.15, 0.2) is 18.2 Å². The average Bonchev–Trinajstić information content (AvgIpc) is 2.47. The molecule has 0 atom stereocenters. The van der Waals surface area contributed by atoms with Crippen molar-refractivity contribution in [1.29, 1.82) is 0 Å². The average molecular weight is 285 g/mol.